The number of carbonyl (C=O) groups is 2. The minimum absolute atomic E-state index is 0.0238. The monoisotopic (exact) mass is 277 g/mol. The number of hydrogen-bond donors (Lipinski definition) is 1. The first kappa shape index (κ1) is 14.4. The molecule has 5 heteroatoms. The van der Waals surface area contributed by atoms with Crippen molar-refractivity contribution in [2.45, 2.75) is 20.5 Å². The molecular weight excluding hydrogens is 258 g/mol. The third-order valence-corrected chi connectivity index (χ3v) is 3.92. The highest BCUT2D eigenvalue weighted by molar-refractivity contribution is 5.75. The average molecular weight is 277 g/mol. The molecule has 5 nitrogen and oxygen atoms in total. The maximum absolute atomic E-state index is 11.8. The minimum atomic E-state index is -0.834. The molecule has 0 bridgehead atoms. The summed E-state index contributed by atoms with van der Waals surface area (Å²) in [6.07, 6.45) is -0.383. The molecule has 0 saturated carbocycles. The number of aliphatic carboxylic acids is 1. The molecule has 108 valence electrons. The second kappa shape index (κ2) is 5.53. The summed E-state index contributed by atoms with van der Waals surface area (Å²) in [6.45, 7) is 4.49. The molecular formula is C15H19NO4. The van der Waals surface area contributed by atoms with E-state index in [4.69, 9.17) is 9.84 Å². The van der Waals surface area contributed by atoms with E-state index in [9.17, 15) is 9.59 Å². The molecule has 1 aromatic carbocycles. The molecule has 20 heavy (non-hydrogen) atoms. The number of hydrogen-bond acceptors (Lipinski definition) is 3. The Hall–Kier alpha value is -2.04. The van der Waals surface area contributed by atoms with Crippen LogP contribution in [-0.4, -0.2) is 35.2 Å². The number of nitrogens with zero attached hydrogens (tertiary/aromatic N) is 1. The number of likely N-dealkylation sites (tertiary alicyclic amines) is 1. The van der Waals surface area contributed by atoms with Crippen LogP contribution in [0.1, 0.15) is 19.4 Å². The summed E-state index contributed by atoms with van der Waals surface area (Å²) >= 11 is 0. The lowest BCUT2D eigenvalue weighted by Crippen LogP contribution is -2.57. The van der Waals surface area contributed by atoms with Crippen LogP contribution in [0.4, 0.5) is 4.79 Å². The van der Waals surface area contributed by atoms with Gasteiger partial charge in [-0.3, -0.25) is 4.79 Å². The van der Waals surface area contributed by atoms with Crippen molar-refractivity contribution in [1.29, 1.82) is 0 Å². The smallest absolute Gasteiger partial charge is 0.410 e. The fourth-order valence-electron chi connectivity index (χ4n) is 2.07. The topological polar surface area (TPSA) is 66.8 Å². The Kier molecular flexibility index (Phi) is 3.97. The van der Waals surface area contributed by atoms with Crippen LogP contribution < -0.4 is 0 Å². The molecule has 1 N–H and O–H groups in total. The second-order valence-electron chi connectivity index (χ2n) is 5.67. The number of amides is 1. The fourth-order valence-corrected chi connectivity index (χ4v) is 2.07. The van der Waals surface area contributed by atoms with Crippen LogP contribution >= 0.6 is 0 Å². The number of ether oxygens (including phenoxy) is 1. The Morgan fingerprint density at radius 3 is 2.45 bits per heavy atom. The van der Waals surface area contributed by atoms with Gasteiger partial charge in [-0.2, -0.15) is 0 Å². The normalized spacial score (nSPS) is 15.6. The van der Waals surface area contributed by atoms with E-state index in [2.05, 4.69) is 0 Å². The highest BCUT2D eigenvalue weighted by Crippen LogP contribution is 2.34. The van der Waals surface area contributed by atoms with Crippen LogP contribution in [0.2, 0.25) is 0 Å². The van der Waals surface area contributed by atoms with Gasteiger partial charge in [0.05, 0.1) is 5.41 Å². The number of carboxylic acids is 1. The van der Waals surface area contributed by atoms with Gasteiger partial charge >= 0.3 is 12.1 Å². The Balaban J connectivity index is 1.78. The molecule has 0 radical (unpaired) electrons. The van der Waals surface area contributed by atoms with Gasteiger partial charge in [-0.1, -0.05) is 30.3 Å². The zero-order chi connectivity index (χ0) is 14.8. The van der Waals surface area contributed by atoms with Crippen molar-refractivity contribution in [3.8, 4) is 0 Å². The summed E-state index contributed by atoms with van der Waals surface area (Å²) in [7, 11) is 0. The highest BCUT2D eigenvalue weighted by atomic mass is 16.6. The zero-order valence-electron chi connectivity index (χ0n) is 11.7. The second-order valence-corrected chi connectivity index (χ2v) is 5.67. The van der Waals surface area contributed by atoms with Gasteiger partial charge in [0.1, 0.15) is 6.61 Å². The third-order valence-electron chi connectivity index (χ3n) is 3.92. The first-order chi connectivity index (χ1) is 9.41. The van der Waals surface area contributed by atoms with Crippen LogP contribution in [-0.2, 0) is 16.1 Å². The fraction of sp³-hybridized carbons (Fsp3) is 0.467. The maximum atomic E-state index is 11.8. The van der Waals surface area contributed by atoms with Crippen molar-refractivity contribution < 1.29 is 19.4 Å². The predicted octanol–water partition coefficient (Wildman–Crippen LogP) is 2.37. The predicted molar refractivity (Wildman–Crippen MR) is 73.1 cm³/mol. The van der Waals surface area contributed by atoms with Gasteiger partial charge in [-0.05, 0) is 19.4 Å². The number of rotatable bonds is 4. The number of carbonyl (C=O) groups excluding carboxylic acids is 1. The molecule has 2 rings (SSSR count). The molecule has 1 aromatic rings. The van der Waals surface area contributed by atoms with E-state index in [0.717, 1.165) is 5.56 Å². The van der Waals surface area contributed by atoms with E-state index in [-0.39, 0.29) is 18.6 Å². The molecule has 0 aromatic heterocycles. The van der Waals surface area contributed by atoms with Gasteiger partial charge in [0.25, 0.3) is 0 Å². The van der Waals surface area contributed by atoms with Crippen molar-refractivity contribution in [3.05, 3.63) is 35.9 Å². The van der Waals surface area contributed by atoms with E-state index in [0.29, 0.717) is 13.1 Å². The lowest BCUT2D eigenvalue weighted by Gasteiger charge is -2.44. The summed E-state index contributed by atoms with van der Waals surface area (Å²) in [5.41, 5.74) is 0.125. The largest absolute Gasteiger partial charge is 0.481 e. The van der Waals surface area contributed by atoms with E-state index < -0.39 is 11.4 Å². The molecule has 1 aliphatic rings. The summed E-state index contributed by atoms with van der Waals surface area (Å²) < 4.78 is 5.19. The standard InChI is InChI=1S/C15H19NO4/c1-15(2,13(17)18)12-8-16(9-12)14(19)20-10-11-6-4-3-5-7-11/h3-7,12H,8-10H2,1-2H3,(H,17,18). The molecule has 0 aliphatic carbocycles. The van der Waals surface area contributed by atoms with Crippen molar-refractivity contribution in [3.63, 3.8) is 0 Å². The molecule has 0 atom stereocenters. The molecule has 1 heterocycles. The quantitative estimate of drug-likeness (QED) is 0.917. The van der Waals surface area contributed by atoms with Crippen LogP contribution in [0.5, 0.6) is 0 Å². The van der Waals surface area contributed by atoms with E-state index in [1.165, 1.54) is 4.90 Å². The molecule has 0 unspecified atom stereocenters. The molecule has 1 saturated heterocycles. The van der Waals surface area contributed by atoms with Gasteiger partial charge in [0, 0.05) is 19.0 Å². The van der Waals surface area contributed by atoms with Crippen LogP contribution in [0, 0.1) is 11.3 Å². The molecule has 1 fully saturated rings. The minimum Gasteiger partial charge on any atom is -0.481 e. The van der Waals surface area contributed by atoms with Crippen molar-refractivity contribution >= 4 is 12.1 Å². The zero-order valence-corrected chi connectivity index (χ0v) is 11.7. The van der Waals surface area contributed by atoms with Crippen LogP contribution in [0.25, 0.3) is 0 Å². The first-order valence-corrected chi connectivity index (χ1v) is 6.60. The summed E-state index contributed by atoms with van der Waals surface area (Å²) in [6, 6.07) is 9.45. The Bertz CT molecular complexity index is 492. The Labute approximate surface area is 118 Å². The Morgan fingerprint density at radius 2 is 1.90 bits per heavy atom. The lowest BCUT2D eigenvalue weighted by molar-refractivity contribution is -0.153. The molecule has 0 spiro atoms. The number of carboxylic acid groups (broad SMARTS) is 1. The van der Waals surface area contributed by atoms with Gasteiger partial charge in [0.2, 0.25) is 0 Å². The highest BCUT2D eigenvalue weighted by Gasteiger charge is 2.45. The van der Waals surface area contributed by atoms with E-state index in [1.807, 2.05) is 30.3 Å². The SMILES string of the molecule is CC(C)(C(=O)O)C1CN(C(=O)OCc2ccccc2)C1. The first-order valence-electron chi connectivity index (χ1n) is 6.60. The van der Waals surface area contributed by atoms with Crippen LogP contribution in [0.3, 0.4) is 0 Å². The molecule has 1 amide bonds. The third kappa shape index (κ3) is 2.92. The average Bonchev–Trinajstić information content (AvgIpc) is 2.35. The maximum Gasteiger partial charge on any atom is 0.410 e. The lowest BCUT2D eigenvalue weighted by atomic mass is 9.74. The van der Waals surface area contributed by atoms with Gasteiger partial charge in [-0.15, -0.1) is 0 Å². The van der Waals surface area contributed by atoms with Crippen molar-refractivity contribution in [2.24, 2.45) is 11.3 Å². The summed E-state index contributed by atoms with van der Waals surface area (Å²) in [5, 5.41) is 9.12. The van der Waals surface area contributed by atoms with Gasteiger partial charge in [0.15, 0.2) is 0 Å². The number of benzene rings is 1. The molecule has 1 aliphatic heterocycles. The Morgan fingerprint density at radius 1 is 1.30 bits per heavy atom. The van der Waals surface area contributed by atoms with E-state index >= 15 is 0 Å². The van der Waals surface area contributed by atoms with E-state index in [1.54, 1.807) is 13.8 Å². The summed E-state index contributed by atoms with van der Waals surface area (Å²) in [4.78, 5) is 24.4. The van der Waals surface area contributed by atoms with Crippen molar-refractivity contribution in [1.82, 2.24) is 4.90 Å². The van der Waals surface area contributed by atoms with Gasteiger partial charge < -0.3 is 14.7 Å². The van der Waals surface area contributed by atoms with Crippen molar-refractivity contribution in [2.75, 3.05) is 13.1 Å². The van der Waals surface area contributed by atoms with Gasteiger partial charge in [-0.25, -0.2) is 4.79 Å². The summed E-state index contributed by atoms with van der Waals surface area (Å²) in [5.74, 6) is -0.857. The van der Waals surface area contributed by atoms with Crippen LogP contribution in [0.15, 0.2) is 30.3 Å².